The quantitative estimate of drug-likeness (QED) is 0.625. The number of hydrogen-bond donors (Lipinski definition) is 1. The Morgan fingerprint density at radius 1 is 1.09 bits per heavy atom. The number of nitrogens with zero attached hydrogens (tertiary/aromatic N) is 2. The minimum atomic E-state index is -0.415. The van der Waals surface area contributed by atoms with Crippen molar-refractivity contribution < 1.29 is 9.59 Å². The molecule has 3 rings (SSSR count). The van der Waals surface area contributed by atoms with Crippen molar-refractivity contribution in [3.05, 3.63) is 35.4 Å². The van der Waals surface area contributed by atoms with Gasteiger partial charge < -0.3 is 15.1 Å². The van der Waals surface area contributed by atoms with Crippen LogP contribution >= 0.6 is 0 Å². The first kappa shape index (κ1) is 24.8. The zero-order valence-corrected chi connectivity index (χ0v) is 20.6. The second-order valence-corrected chi connectivity index (χ2v) is 10.3. The van der Waals surface area contributed by atoms with Gasteiger partial charge in [-0.3, -0.25) is 9.59 Å². The van der Waals surface area contributed by atoms with Crippen LogP contribution in [0.1, 0.15) is 70.4 Å². The van der Waals surface area contributed by atoms with Crippen LogP contribution in [-0.4, -0.2) is 59.9 Å². The van der Waals surface area contributed by atoms with Crippen molar-refractivity contribution in [3.63, 3.8) is 0 Å². The van der Waals surface area contributed by atoms with Gasteiger partial charge in [0.2, 0.25) is 11.8 Å². The predicted octanol–water partition coefficient (Wildman–Crippen LogP) is 4.18. The normalized spacial score (nSPS) is 19.3. The van der Waals surface area contributed by atoms with Gasteiger partial charge in [-0.2, -0.15) is 0 Å². The van der Waals surface area contributed by atoms with Gasteiger partial charge in [0.15, 0.2) is 0 Å². The summed E-state index contributed by atoms with van der Waals surface area (Å²) in [7, 11) is 0. The van der Waals surface area contributed by atoms with Crippen LogP contribution in [0.15, 0.2) is 24.3 Å². The molecular formula is C27H43N3O2. The average Bonchev–Trinajstić information content (AvgIpc) is 3.30. The smallest absolute Gasteiger partial charge is 0.245 e. The number of rotatable bonds is 9. The molecule has 0 bridgehead atoms. The SMILES string of the molecule is CC(=O)NC(C(=O)N(CC1CCN(CCc2ccccc2C)CC1)C1CCCC1)C(C)C. The van der Waals surface area contributed by atoms with Crippen LogP contribution < -0.4 is 5.32 Å². The highest BCUT2D eigenvalue weighted by atomic mass is 16.2. The van der Waals surface area contributed by atoms with Crippen molar-refractivity contribution in [1.82, 2.24) is 15.1 Å². The first-order valence-electron chi connectivity index (χ1n) is 12.7. The molecular weight excluding hydrogens is 398 g/mol. The number of likely N-dealkylation sites (tertiary alicyclic amines) is 1. The minimum Gasteiger partial charge on any atom is -0.344 e. The van der Waals surface area contributed by atoms with Gasteiger partial charge in [-0.05, 0) is 75.1 Å². The van der Waals surface area contributed by atoms with Crippen LogP contribution in [0.25, 0.3) is 0 Å². The van der Waals surface area contributed by atoms with Crippen LogP contribution in [0.5, 0.6) is 0 Å². The molecule has 0 radical (unpaired) electrons. The molecule has 1 N–H and O–H groups in total. The highest BCUT2D eigenvalue weighted by molar-refractivity contribution is 5.87. The molecule has 1 saturated carbocycles. The van der Waals surface area contributed by atoms with Gasteiger partial charge in [0.05, 0.1) is 0 Å². The molecule has 1 aliphatic heterocycles. The molecule has 1 atom stereocenters. The van der Waals surface area contributed by atoms with Crippen molar-refractivity contribution in [2.75, 3.05) is 26.2 Å². The Hall–Kier alpha value is -1.88. The van der Waals surface area contributed by atoms with E-state index in [-0.39, 0.29) is 17.7 Å². The Balaban J connectivity index is 1.56. The summed E-state index contributed by atoms with van der Waals surface area (Å²) >= 11 is 0. The third-order valence-corrected chi connectivity index (χ3v) is 7.46. The average molecular weight is 442 g/mol. The molecule has 32 heavy (non-hydrogen) atoms. The van der Waals surface area contributed by atoms with Crippen molar-refractivity contribution in [3.8, 4) is 0 Å². The Labute approximate surface area is 194 Å². The summed E-state index contributed by atoms with van der Waals surface area (Å²) in [6.07, 6.45) is 8.03. The maximum atomic E-state index is 13.5. The number of carbonyl (C=O) groups excluding carboxylic acids is 2. The number of benzene rings is 1. The maximum Gasteiger partial charge on any atom is 0.245 e. The van der Waals surface area contributed by atoms with Crippen LogP contribution in [0.2, 0.25) is 0 Å². The summed E-state index contributed by atoms with van der Waals surface area (Å²) < 4.78 is 0. The second kappa shape index (κ2) is 11.8. The molecule has 1 aliphatic carbocycles. The third-order valence-electron chi connectivity index (χ3n) is 7.46. The van der Waals surface area contributed by atoms with E-state index in [1.54, 1.807) is 0 Å². The fourth-order valence-corrected chi connectivity index (χ4v) is 5.39. The first-order chi connectivity index (χ1) is 15.3. The van der Waals surface area contributed by atoms with Crippen LogP contribution in [0.3, 0.4) is 0 Å². The second-order valence-electron chi connectivity index (χ2n) is 10.3. The summed E-state index contributed by atoms with van der Waals surface area (Å²) in [4.78, 5) is 30.0. The number of nitrogens with one attached hydrogen (secondary N) is 1. The zero-order chi connectivity index (χ0) is 23.1. The topological polar surface area (TPSA) is 52.7 Å². The molecule has 0 spiro atoms. The number of aryl methyl sites for hydroxylation is 1. The number of carbonyl (C=O) groups is 2. The molecule has 1 unspecified atom stereocenters. The van der Waals surface area contributed by atoms with E-state index in [0.29, 0.717) is 12.0 Å². The molecule has 5 nitrogen and oxygen atoms in total. The zero-order valence-electron chi connectivity index (χ0n) is 20.6. The molecule has 2 amide bonds. The maximum absolute atomic E-state index is 13.5. The van der Waals surface area contributed by atoms with E-state index in [1.807, 2.05) is 13.8 Å². The first-order valence-corrected chi connectivity index (χ1v) is 12.7. The lowest BCUT2D eigenvalue weighted by Crippen LogP contribution is -2.54. The van der Waals surface area contributed by atoms with Gasteiger partial charge in [-0.25, -0.2) is 0 Å². The van der Waals surface area contributed by atoms with Gasteiger partial charge in [0, 0.05) is 26.1 Å². The highest BCUT2D eigenvalue weighted by Gasteiger charge is 2.35. The van der Waals surface area contributed by atoms with Crippen molar-refractivity contribution in [2.24, 2.45) is 11.8 Å². The van der Waals surface area contributed by atoms with E-state index in [0.717, 1.165) is 58.3 Å². The molecule has 2 aliphatic rings. The van der Waals surface area contributed by atoms with E-state index in [2.05, 4.69) is 46.3 Å². The van der Waals surface area contributed by atoms with E-state index in [4.69, 9.17) is 0 Å². The van der Waals surface area contributed by atoms with Gasteiger partial charge in [-0.1, -0.05) is 51.0 Å². The third kappa shape index (κ3) is 6.81. The van der Waals surface area contributed by atoms with Crippen LogP contribution in [0, 0.1) is 18.8 Å². The minimum absolute atomic E-state index is 0.0959. The lowest BCUT2D eigenvalue weighted by molar-refractivity contribution is -0.140. The van der Waals surface area contributed by atoms with Crippen molar-refractivity contribution >= 4 is 11.8 Å². The summed E-state index contributed by atoms with van der Waals surface area (Å²) in [6.45, 7) is 11.9. The van der Waals surface area contributed by atoms with Gasteiger partial charge in [0.1, 0.15) is 6.04 Å². The summed E-state index contributed by atoms with van der Waals surface area (Å²) in [6, 6.07) is 8.61. The Bertz CT molecular complexity index is 749. The van der Waals surface area contributed by atoms with Crippen molar-refractivity contribution in [1.29, 1.82) is 0 Å². The van der Waals surface area contributed by atoms with Crippen LogP contribution in [-0.2, 0) is 16.0 Å². The molecule has 0 aromatic heterocycles. The number of hydrogen-bond acceptors (Lipinski definition) is 3. The lowest BCUT2D eigenvalue weighted by Gasteiger charge is -2.39. The molecule has 1 saturated heterocycles. The molecule has 5 heteroatoms. The van der Waals surface area contributed by atoms with E-state index in [1.165, 1.54) is 30.9 Å². The van der Waals surface area contributed by atoms with Crippen LogP contribution in [0.4, 0.5) is 0 Å². The Morgan fingerprint density at radius 2 is 1.75 bits per heavy atom. The monoisotopic (exact) mass is 441 g/mol. The Kier molecular flexibility index (Phi) is 9.15. The number of amides is 2. The fourth-order valence-electron chi connectivity index (χ4n) is 5.39. The molecule has 2 fully saturated rings. The standard InChI is InChI=1S/C27H43N3O2/c1-20(2)26(28-22(4)31)27(32)30(25-11-7-8-12-25)19-23-13-16-29(17-14-23)18-15-24-10-6-5-9-21(24)3/h5-6,9-10,20,23,25-26H,7-8,11-19H2,1-4H3,(H,28,31). The van der Waals surface area contributed by atoms with E-state index >= 15 is 0 Å². The van der Waals surface area contributed by atoms with Crippen molar-refractivity contribution in [2.45, 2.75) is 84.7 Å². The van der Waals surface area contributed by atoms with Gasteiger partial charge in [-0.15, -0.1) is 0 Å². The summed E-state index contributed by atoms with van der Waals surface area (Å²) in [5.41, 5.74) is 2.83. The summed E-state index contributed by atoms with van der Waals surface area (Å²) in [5, 5.41) is 2.93. The molecule has 1 heterocycles. The van der Waals surface area contributed by atoms with Gasteiger partial charge in [0.25, 0.3) is 0 Å². The molecule has 178 valence electrons. The Morgan fingerprint density at radius 3 is 2.34 bits per heavy atom. The molecule has 1 aromatic carbocycles. The van der Waals surface area contributed by atoms with Gasteiger partial charge >= 0.3 is 0 Å². The molecule has 1 aromatic rings. The fraction of sp³-hybridized carbons (Fsp3) is 0.704. The number of piperidine rings is 1. The van der Waals surface area contributed by atoms with E-state index in [9.17, 15) is 9.59 Å². The summed E-state index contributed by atoms with van der Waals surface area (Å²) in [5.74, 6) is 0.660. The van der Waals surface area contributed by atoms with E-state index < -0.39 is 6.04 Å². The highest BCUT2D eigenvalue weighted by Crippen LogP contribution is 2.28. The largest absolute Gasteiger partial charge is 0.344 e. The lowest BCUT2D eigenvalue weighted by atomic mass is 9.93. The predicted molar refractivity (Wildman–Crippen MR) is 130 cm³/mol.